The Morgan fingerprint density at radius 3 is 2.54 bits per heavy atom. The van der Waals surface area contributed by atoms with Gasteiger partial charge in [0.2, 0.25) is 0 Å². The number of aromatic nitrogens is 3. The number of carbonyl (C=O) groups excluding carboxylic acids is 1. The molecule has 4 radical (unpaired) electrons. The summed E-state index contributed by atoms with van der Waals surface area (Å²) in [6, 6.07) is 8.97. The summed E-state index contributed by atoms with van der Waals surface area (Å²) >= 11 is 0. The molecule has 0 fully saturated rings. The number of hydrogen-bond acceptors (Lipinski definition) is 5. The van der Waals surface area contributed by atoms with Crippen LogP contribution in [0.1, 0.15) is 28.5 Å². The van der Waals surface area contributed by atoms with Crippen LogP contribution in [0.15, 0.2) is 48.8 Å². The summed E-state index contributed by atoms with van der Waals surface area (Å²) in [6.45, 7) is 1.79. The number of ether oxygens (including phenoxy) is 2. The van der Waals surface area contributed by atoms with E-state index in [0.717, 1.165) is 4.90 Å². The number of halogens is 2. The molecular formula is C26H22B2F2N4O3. The van der Waals surface area contributed by atoms with Gasteiger partial charge in [-0.1, -0.05) is 0 Å². The van der Waals surface area contributed by atoms with Gasteiger partial charge in [0.05, 0.1) is 40.1 Å². The largest absolute Gasteiger partial charge is 0.486 e. The van der Waals surface area contributed by atoms with Crippen LogP contribution >= 0.6 is 0 Å². The van der Waals surface area contributed by atoms with Crippen molar-refractivity contribution in [3.8, 4) is 16.9 Å². The Bertz CT molecular complexity index is 1500. The molecule has 0 saturated heterocycles. The second kappa shape index (κ2) is 9.30. The van der Waals surface area contributed by atoms with E-state index in [1.165, 1.54) is 24.4 Å². The van der Waals surface area contributed by atoms with Gasteiger partial charge in [-0.2, -0.15) is 5.10 Å². The van der Waals surface area contributed by atoms with Gasteiger partial charge in [0.15, 0.2) is 0 Å². The van der Waals surface area contributed by atoms with Gasteiger partial charge >= 0.3 is 0 Å². The number of aryl methyl sites for hydroxylation is 1. The Morgan fingerprint density at radius 1 is 1.14 bits per heavy atom. The third-order valence-corrected chi connectivity index (χ3v) is 6.36. The summed E-state index contributed by atoms with van der Waals surface area (Å²) in [5.41, 5.74) is 1.44. The van der Waals surface area contributed by atoms with E-state index in [9.17, 15) is 4.79 Å². The molecule has 1 aliphatic heterocycles. The molecule has 0 spiro atoms. The monoisotopic (exact) mass is 498 g/mol. The van der Waals surface area contributed by atoms with Crippen molar-refractivity contribution in [3.05, 3.63) is 77.2 Å². The number of rotatable bonds is 7. The van der Waals surface area contributed by atoms with Gasteiger partial charge in [-0.15, -0.1) is 0 Å². The predicted molar refractivity (Wildman–Crippen MR) is 135 cm³/mol. The van der Waals surface area contributed by atoms with E-state index in [2.05, 4.69) is 10.1 Å². The maximum atomic E-state index is 15.4. The Hall–Kier alpha value is -3.72. The van der Waals surface area contributed by atoms with Crippen molar-refractivity contribution < 1.29 is 23.0 Å². The van der Waals surface area contributed by atoms with E-state index in [4.69, 9.17) is 25.2 Å². The van der Waals surface area contributed by atoms with Gasteiger partial charge in [-0.05, 0) is 54.4 Å². The standard InChI is InChI=1S/C26H22B2F2N4O3/c1-14(13-36-3)37-22-7-6-16(18-11-33(2)32-23(18)22)15-9-20(29)19(21(30)10-15)12-34-25(35)17-5-4-8-31-24(17)26(34,27)28/h4-11,14H,12-13H2,1-3H3. The number of methoxy groups -OCH3 is 1. The molecule has 2 aromatic carbocycles. The summed E-state index contributed by atoms with van der Waals surface area (Å²) in [5.74, 6) is -1.70. The first kappa shape index (κ1) is 25.0. The summed E-state index contributed by atoms with van der Waals surface area (Å²) in [7, 11) is 15.7. The summed E-state index contributed by atoms with van der Waals surface area (Å²) in [5, 5.41) is 3.33. The van der Waals surface area contributed by atoms with Crippen molar-refractivity contribution in [2.75, 3.05) is 13.7 Å². The molecule has 11 heteroatoms. The van der Waals surface area contributed by atoms with Crippen molar-refractivity contribution >= 4 is 32.5 Å². The fraction of sp³-hybridized carbons (Fsp3) is 0.269. The van der Waals surface area contributed by atoms with Gasteiger partial charge in [-0.3, -0.25) is 14.5 Å². The third kappa shape index (κ3) is 4.27. The molecule has 0 N–H and O–H groups in total. The van der Waals surface area contributed by atoms with Crippen LogP contribution in [0.4, 0.5) is 8.78 Å². The normalized spacial score (nSPS) is 15.3. The number of carbonyl (C=O) groups is 1. The lowest BCUT2D eigenvalue weighted by Gasteiger charge is -2.33. The lowest BCUT2D eigenvalue weighted by atomic mass is 9.59. The van der Waals surface area contributed by atoms with E-state index >= 15 is 8.78 Å². The average molecular weight is 498 g/mol. The number of amides is 1. The van der Waals surface area contributed by atoms with Gasteiger partial charge in [0, 0.05) is 42.8 Å². The minimum absolute atomic E-state index is 0.151. The quantitative estimate of drug-likeness (QED) is 0.366. The van der Waals surface area contributed by atoms with Crippen LogP contribution in [0, 0.1) is 11.6 Å². The highest BCUT2D eigenvalue weighted by Gasteiger charge is 2.43. The zero-order chi connectivity index (χ0) is 26.5. The minimum atomic E-state index is -1.80. The van der Waals surface area contributed by atoms with Gasteiger partial charge in [-0.25, -0.2) is 8.78 Å². The van der Waals surface area contributed by atoms with E-state index < -0.39 is 29.4 Å². The molecule has 1 aliphatic rings. The molecule has 2 aromatic heterocycles. The van der Waals surface area contributed by atoms with E-state index in [1.54, 1.807) is 43.2 Å². The smallest absolute Gasteiger partial charge is 0.255 e. The first-order valence-corrected chi connectivity index (χ1v) is 11.6. The Balaban J connectivity index is 1.50. The molecule has 1 amide bonds. The molecule has 1 atom stereocenters. The van der Waals surface area contributed by atoms with Crippen molar-refractivity contribution in [1.82, 2.24) is 19.7 Å². The van der Waals surface area contributed by atoms with Crippen LogP contribution < -0.4 is 4.74 Å². The molecule has 0 saturated carbocycles. The Labute approximate surface area is 215 Å². The van der Waals surface area contributed by atoms with Crippen LogP contribution in [0.25, 0.3) is 22.0 Å². The fourth-order valence-corrected chi connectivity index (χ4v) is 4.64. The third-order valence-electron chi connectivity index (χ3n) is 6.36. The second-order valence-corrected chi connectivity index (χ2v) is 9.09. The minimum Gasteiger partial charge on any atom is -0.486 e. The van der Waals surface area contributed by atoms with Gasteiger partial charge in [0.25, 0.3) is 5.91 Å². The lowest BCUT2D eigenvalue weighted by molar-refractivity contribution is 0.0727. The van der Waals surface area contributed by atoms with Crippen LogP contribution in [-0.2, 0) is 23.7 Å². The zero-order valence-electron chi connectivity index (χ0n) is 20.5. The maximum absolute atomic E-state index is 15.4. The van der Waals surface area contributed by atoms with E-state index in [1.807, 2.05) is 6.92 Å². The molecule has 0 bridgehead atoms. The highest BCUT2D eigenvalue weighted by Crippen LogP contribution is 2.38. The predicted octanol–water partition coefficient (Wildman–Crippen LogP) is 3.43. The topological polar surface area (TPSA) is 69.5 Å². The summed E-state index contributed by atoms with van der Waals surface area (Å²) < 4.78 is 43.4. The molecule has 184 valence electrons. The van der Waals surface area contributed by atoms with Crippen molar-refractivity contribution in [3.63, 3.8) is 0 Å². The molecule has 37 heavy (non-hydrogen) atoms. The van der Waals surface area contributed by atoms with Crippen LogP contribution in [0.2, 0.25) is 0 Å². The van der Waals surface area contributed by atoms with Crippen LogP contribution in [0.3, 0.4) is 0 Å². The number of benzene rings is 2. The van der Waals surface area contributed by atoms with E-state index in [0.29, 0.717) is 34.4 Å². The molecule has 0 aliphatic carbocycles. The number of fused-ring (bicyclic) bond motifs is 2. The summed E-state index contributed by atoms with van der Waals surface area (Å²) in [6.07, 6.45) is 2.99. The molecule has 5 rings (SSSR count). The highest BCUT2D eigenvalue weighted by molar-refractivity contribution is 6.42. The average Bonchev–Trinajstić information content (AvgIpc) is 3.32. The summed E-state index contributed by atoms with van der Waals surface area (Å²) in [4.78, 5) is 18.0. The lowest BCUT2D eigenvalue weighted by Crippen LogP contribution is -2.45. The highest BCUT2D eigenvalue weighted by atomic mass is 19.1. The number of pyridine rings is 1. The van der Waals surface area contributed by atoms with Gasteiger partial charge in [0.1, 0.15) is 29.0 Å². The fourth-order valence-electron chi connectivity index (χ4n) is 4.64. The molecule has 1 unspecified atom stereocenters. The van der Waals surface area contributed by atoms with Crippen molar-refractivity contribution in [2.24, 2.45) is 7.05 Å². The Kier molecular flexibility index (Phi) is 6.27. The molecule has 3 heterocycles. The zero-order valence-corrected chi connectivity index (χ0v) is 20.5. The molecule has 7 nitrogen and oxygen atoms in total. The molecule has 4 aromatic rings. The van der Waals surface area contributed by atoms with E-state index in [-0.39, 0.29) is 22.9 Å². The van der Waals surface area contributed by atoms with Crippen LogP contribution in [0.5, 0.6) is 5.75 Å². The molecular weight excluding hydrogens is 476 g/mol. The van der Waals surface area contributed by atoms with Crippen molar-refractivity contribution in [1.29, 1.82) is 0 Å². The first-order chi connectivity index (χ1) is 17.6. The van der Waals surface area contributed by atoms with Crippen LogP contribution in [-0.4, -0.2) is 61.1 Å². The number of hydrogen-bond donors (Lipinski definition) is 0. The van der Waals surface area contributed by atoms with Crippen molar-refractivity contribution in [2.45, 2.75) is 24.9 Å². The SMILES string of the molecule is [B]C1([B])c2ncccc2C(=O)N1Cc1c(F)cc(-c2ccc(OC(C)COC)c3nn(C)cc23)cc1F. The number of nitrogens with zero attached hydrogens (tertiary/aromatic N) is 4. The van der Waals surface area contributed by atoms with Gasteiger partial charge < -0.3 is 14.4 Å². The Morgan fingerprint density at radius 2 is 1.86 bits per heavy atom. The second-order valence-electron chi connectivity index (χ2n) is 9.09. The first-order valence-electron chi connectivity index (χ1n) is 11.6. The maximum Gasteiger partial charge on any atom is 0.255 e.